The molecule has 3 fully saturated rings. The number of hydrogen-bond donors (Lipinski definition) is 2. The molecule has 2 N–H and O–H groups in total. The molecule has 80 valence electrons. The zero-order valence-corrected chi connectivity index (χ0v) is 8.54. The van der Waals surface area contributed by atoms with Crippen LogP contribution in [-0.4, -0.2) is 37.0 Å². The first kappa shape index (κ1) is 9.13. The zero-order chi connectivity index (χ0) is 9.60. The first-order chi connectivity index (χ1) is 6.80. The van der Waals surface area contributed by atoms with Gasteiger partial charge in [-0.2, -0.15) is 0 Å². The summed E-state index contributed by atoms with van der Waals surface area (Å²) in [4.78, 5) is 0. The lowest BCUT2D eigenvalue weighted by molar-refractivity contribution is 0.121. The molecule has 3 aliphatic rings. The van der Waals surface area contributed by atoms with Crippen molar-refractivity contribution in [1.82, 2.24) is 5.32 Å². The second kappa shape index (κ2) is 3.19. The van der Waals surface area contributed by atoms with Crippen molar-refractivity contribution < 1.29 is 9.84 Å². The van der Waals surface area contributed by atoms with E-state index in [1.807, 2.05) is 0 Å². The molecule has 0 aromatic heterocycles. The van der Waals surface area contributed by atoms with E-state index in [0.717, 1.165) is 12.5 Å². The molecule has 2 atom stereocenters. The largest absolute Gasteiger partial charge is 0.389 e. The van der Waals surface area contributed by atoms with Crippen LogP contribution in [0.3, 0.4) is 0 Å². The second-order valence-corrected chi connectivity index (χ2v) is 5.23. The summed E-state index contributed by atoms with van der Waals surface area (Å²) >= 11 is 0. The van der Waals surface area contributed by atoms with E-state index in [9.17, 15) is 5.11 Å². The van der Waals surface area contributed by atoms with Crippen molar-refractivity contribution in [1.29, 1.82) is 0 Å². The molecule has 2 saturated carbocycles. The molecular weight excluding hydrogens is 178 g/mol. The van der Waals surface area contributed by atoms with Gasteiger partial charge in [-0.05, 0) is 37.0 Å². The minimum absolute atomic E-state index is 0.186. The van der Waals surface area contributed by atoms with Crippen LogP contribution >= 0.6 is 0 Å². The van der Waals surface area contributed by atoms with Gasteiger partial charge in [0.1, 0.15) is 0 Å². The standard InChI is InChI=1S/C11H19NO2/c13-10-6-14-5-9(10)12-7-11(3-4-11)8-1-2-8/h8-10,12-13H,1-7H2. The maximum Gasteiger partial charge on any atom is 0.0948 e. The number of ether oxygens (including phenoxy) is 1. The Morgan fingerprint density at radius 1 is 1.29 bits per heavy atom. The molecule has 2 aliphatic carbocycles. The Morgan fingerprint density at radius 3 is 2.57 bits per heavy atom. The van der Waals surface area contributed by atoms with Crippen molar-refractivity contribution in [3.8, 4) is 0 Å². The Balaban J connectivity index is 1.49. The SMILES string of the molecule is OC1COCC1NCC1(C2CC2)CC1. The molecule has 3 nitrogen and oxygen atoms in total. The van der Waals surface area contributed by atoms with E-state index in [2.05, 4.69) is 5.32 Å². The normalized spacial score (nSPS) is 40.1. The lowest BCUT2D eigenvalue weighted by atomic mass is 10.00. The Labute approximate surface area is 84.8 Å². The maximum absolute atomic E-state index is 9.57. The minimum atomic E-state index is -0.287. The number of rotatable bonds is 4. The Bertz CT molecular complexity index is 223. The van der Waals surface area contributed by atoms with Gasteiger partial charge in [-0.25, -0.2) is 0 Å². The average molecular weight is 197 g/mol. The molecule has 3 heteroatoms. The Morgan fingerprint density at radius 2 is 2.07 bits per heavy atom. The zero-order valence-electron chi connectivity index (χ0n) is 8.54. The van der Waals surface area contributed by atoms with Gasteiger partial charge in [0.15, 0.2) is 0 Å². The van der Waals surface area contributed by atoms with E-state index >= 15 is 0 Å². The number of hydrogen-bond acceptors (Lipinski definition) is 3. The van der Waals surface area contributed by atoms with E-state index in [1.54, 1.807) is 0 Å². The maximum atomic E-state index is 9.57. The summed E-state index contributed by atoms with van der Waals surface area (Å²) in [7, 11) is 0. The van der Waals surface area contributed by atoms with E-state index in [0.29, 0.717) is 18.6 Å². The number of aliphatic hydroxyl groups is 1. The molecule has 3 rings (SSSR count). The average Bonchev–Trinajstić information content (AvgIpc) is 3.04. The van der Waals surface area contributed by atoms with Gasteiger partial charge in [0, 0.05) is 6.54 Å². The fraction of sp³-hybridized carbons (Fsp3) is 1.00. The van der Waals surface area contributed by atoms with Crippen molar-refractivity contribution in [2.24, 2.45) is 11.3 Å². The van der Waals surface area contributed by atoms with E-state index < -0.39 is 0 Å². The molecule has 0 spiro atoms. The van der Waals surface area contributed by atoms with E-state index in [1.165, 1.54) is 25.7 Å². The van der Waals surface area contributed by atoms with Crippen LogP contribution in [0.2, 0.25) is 0 Å². The van der Waals surface area contributed by atoms with E-state index in [4.69, 9.17) is 4.74 Å². The van der Waals surface area contributed by atoms with Crippen LogP contribution < -0.4 is 5.32 Å². The fourth-order valence-electron chi connectivity index (χ4n) is 2.66. The first-order valence-electron chi connectivity index (χ1n) is 5.79. The third-order valence-corrected chi connectivity index (χ3v) is 4.10. The monoisotopic (exact) mass is 197 g/mol. The van der Waals surface area contributed by atoms with Crippen LogP contribution in [0.15, 0.2) is 0 Å². The summed E-state index contributed by atoms with van der Waals surface area (Å²) < 4.78 is 5.22. The highest BCUT2D eigenvalue weighted by Crippen LogP contribution is 2.60. The van der Waals surface area contributed by atoms with Gasteiger partial charge >= 0.3 is 0 Å². The summed E-state index contributed by atoms with van der Waals surface area (Å²) in [6.45, 7) is 2.29. The summed E-state index contributed by atoms with van der Waals surface area (Å²) in [6, 6.07) is 0.186. The molecule has 0 radical (unpaired) electrons. The van der Waals surface area contributed by atoms with E-state index in [-0.39, 0.29) is 12.1 Å². The molecule has 1 saturated heterocycles. The Hall–Kier alpha value is -0.120. The first-order valence-corrected chi connectivity index (χ1v) is 5.79. The van der Waals surface area contributed by atoms with Crippen LogP contribution in [-0.2, 0) is 4.74 Å². The number of aliphatic hydroxyl groups excluding tert-OH is 1. The van der Waals surface area contributed by atoms with Crippen LogP contribution in [0.1, 0.15) is 25.7 Å². The van der Waals surface area contributed by atoms with Crippen molar-refractivity contribution in [3.05, 3.63) is 0 Å². The lowest BCUT2D eigenvalue weighted by Crippen LogP contribution is -2.42. The van der Waals surface area contributed by atoms with Gasteiger partial charge < -0.3 is 15.2 Å². The summed E-state index contributed by atoms with van der Waals surface area (Å²) in [5.74, 6) is 0.995. The highest BCUT2D eigenvalue weighted by Gasteiger charge is 2.53. The molecule has 0 amide bonds. The van der Waals surface area contributed by atoms with Gasteiger partial charge in [-0.1, -0.05) is 0 Å². The van der Waals surface area contributed by atoms with Crippen molar-refractivity contribution >= 4 is 0 Å². The molecule has 0 aromatic rings. The molecule has 1 heterocycles. The molecule has 0 aromatic carbocycles. The third-order valence-electron chi connectivity index (χ3n) is 4.10. The van der Waals surface area contributed by atoms with Crippen molar-refractivity contribution in [3.63, 3.8) is 0 Å². The molecule has 14 heavy (non-hydrogen) atoms. The summed E-state index contributed by atoms with van der Waals surface area (Å²) in [6.07, 6.45) is 5.38. The summed E-state index contributed by atoms with van der Waals surface area (Å²) in [5, 5.41) is 13.1. The second-order valence-electron chi connectivity index (χ2n) is 5.23. The lowest BCUT2D eigenvalue weighted by Gasteiger charge is -2.20. The van der Waals surface area contributed by atoms with Crippen molar-refractivity contribution in [2.75, 3.05) is 19.8 Å². The smallest absolute Gasteiger partial charge is 0.0948 e. The van der Waals surface area contributed by atoms with Gasteiger partial charge in [0.25, 0.3) is 0 Å². The highest BCUT2D eigenvalue weighted by atomic mass is 16.5. The van der Waals surface area contributed by atoms with Gasteiger partial charge in [0.05, 0.1) is 25.4 Å². The minimum Gasteiger partial charge on any atom is -0.389 e. The van der Waals surface area contributed by atoms with Crippen LogP contribution in [0.4, 0.5) is 0 Å². The van der Waals surface area contributed by atoms with Crippen molar-refractivity contribution in [2.45, 2.75) is 37.8 Å². The molecule has 1 aliphatic heterocycles. The predicted octanol–water partition coefficient (Wildman–Crippen LogP) is 0.526. The van der Waals surface area contributed by atoms with Crippen LogP contribution in [0.5, 0.6) is 0 Å². The van der Waals surface area contributed by atoms with Crippen LogP contribution in [0, 0.1) is 11.3 Å². The highest BCUT2D eigenvalue weighted by molar-refractivity contribution is 5.05. The number of nitrogens with one attached hydrogen (secondary N) is 1. The Kier molecular flexibility index (Phi) is 2.08. The molecule has 0 bridgehead atoms. The third kappa shape index (κ3) is 1.58. The fourth-order valence-corrected chi connectivity index (χ4v) is 2.66. The quantitative estimate of drug-likeness (QED) is 0.690. The molecular formula is C11H19NO2. The molecule has 2 unspecified atom stereocenters. The summed E-state index contributed by atoms with van der Waals surface area (Å²) in [5.41, 5.74) is 0.627. The van der Waals surface area contributed by atoms with Gasteiger partial charge in [-0.3, -0.25) is 0 Å². The van der Waals surface area contributed by atoms with Crippen LogP contribution in [0.25, 0.3) is 0 Å². The topological polar surface area (TPSA) is 41.5 Å². The van der Waals surface area contributed by atoms with Gasteiger partial charge in [-0.15, -0.1) is 0 Å². The van der Waals surface area contributed by atoms with Gasteiger partial charge in [0.2, 0.25) is 0 Å². The predicted molar refractivity (Wildman–Crippen MR) is 53.0 cm³/mol.